The van der Waals surface area contributed by atoms with Gasteiger partial charge in [-0.25, -0.2) is 0 Å². The van der Waals surface area contributed by atoms with E-state index in [1.54, 1.807) is 0 Å². The van der Waals surface area contributed by atoms with E-state index in [1.807, 2.05) is 30.3 Å². The molecular formula is C15H22N2O3. The normalized spacial score (nSPS) is 11.7. The van der Waals surface area contributed by atoms with Crippen LogP contribution in [-0.2, 0) is 14.3 Å². The van der Waals surface area contributed by atoms with Crippen LogP contribution in [0.2, 0.25) is 0 Å². The summed E-state index contributed by atoms with van der Waals surface area (Å²) in [6.07, 6.45) is 3.53. The van der Waals surface area contributed by atoms with Crippen molar-refractivity contribution in [1.29, 1.82) is 0 Å². The summed E-state index contributed by atoms with van der Waals surface area (Å²) in [6.45, 7) is 0. The number of para-hydroxylation sites is 1. The number of rotatable bonds is 8. The van der Waals surface area contributed by atoms with Gasteiger partial charge in [0, 0.05) is 12.1 Å². The molecule has 5 heteroatoms. The fraction of sp³-hybridized carbons (Fsp3) is 0.467. The first-order valence-electron chi connectivity index (χ1n) is 6.82. The fourth-order valence-electron chi connectivity index (χ4n) is 1.84. The summed E-state index contributed by atoms with van der Waals surface area (Å²) >= 11 is 0. The largest absolute Gasteiger partial charge is 0.468 e. The lowest BCUT2D eigenvalue weighted by Gasteiger charge is -2.08. The number of unbranched alkanes of at least 4 members (excludes halogenated alkanes) is 2. The Labute approximate surface area is 119 Å². The van der Waals surface area contributed by atoms with Gasteiger partial charge in [0.2, 0.25) is 5.91 Å². The zero-order valence-electron chi connectivity index (χ0n) is 11.8. The summed E-state index contributed by atoms with van der Waals surface area (Å²) in [6, 6.07) is 8.81. The van der Waals surface area contributed by atoms with Crippen LogP contribution in [0.5, 0.6) is 0 Å². The molecule has 1 amide bonds. The number of nitrogens with two attached hydrogens (primary N) is 1. The maximum atomic E-state index is 11.7. The molecule has 110 valence electrons. The number of carbonyl (C=O) groups excluding carboxylic acids is 2. The van der Waals surface area contributed by atoms with Crippen molar-refractivity contribution >= 4 is 17.6 Å². The van der Waals surface area contributed by atoms with Gasteiger partial charge in [-0.2, -0.15) is 0 Å². The Bertz CT molecular complexity index is 420. The highest BCUT2D eigenvalue weighted by Gasteiger charge is 2.12. The van der Waals surface area contributed by atoms with Gasteiger partial charge in [0.15, 0.2) is 0 Å². The number of amides is 1. The topological polar surface area (TPSA) is 81.4 Å². The lowest BCUT2D eigenvalue weighted by atomic mass is 10.1. The highest BCUT2D eigenvalue weighted by molar-refractivity contribution is 5.90. The number of esters is 1. The molecule has 20 heavy (non-hydrogen) atoms. The highest BCUT2D eigenvalue weighted by atomic mass is 16.5. The van der Waals surface area contributed by atoms with Gasteiger partial charge >= 0.3 is 5.97 Å². The summed E-state index contributed by atoms with van der Waals surface area (Å²) in [7, 11) is 1.33. The van der Waals surface area contributed by atoms with E-state index < -0.39 is 6.04 Å². The predicted molar refractivity (Wildman–Crippen MR) is 78.1 cm³/mol. The molecule has 0 aliphatic heterocycles. The van der Waals surface area contributed by atoms with Gasteiger partial charge in [-0.15, -0.1) is 0 Å². The number of benzene rings is 1. The zero-order chi connectivity index (χ0) is 14.8. The van der Waals surface area contributed by atoms with E-state index in [2.05, 4.69) is 10.1 Å². The van der Waals surface area contributed by atoms with Gasteiger partial charge in [-0.05, 0) is 25.0 Å². The van der Waals surface area contributed by atoms with Crippen molar-refractivity contribution in [3.63, 3.8) is 0 Å². The minimum Gasteiger partial charge on any atom is -0.468 e. The molecule has 0 aliphatic carbocycles. The van der Waals surface area contributed by atoms with Gasteiger partial charge < -0.3 is 15.8 Å². The molecule has 0 spiro atoms. The van der Waals surface area contributed by atoms with Crippen molar-refractivity contribution in [2.24, 2.45) is 5.73 Å². The second-order valence-corrected chi connectivity index (χ2v) is 4.64. The molecule has 1 aromatic carbocycles. The number of carbonyl (C=O) groups is 2. The summed E-state index contributed by atoms with van der Waals surface area (Å²) in [5.74, 6) is -0.375. The lowest BCUT2D eigenvalue weighted by molar-refractivity contribution is -0.142. The van der Waals surface area contributed by atoms with Crippen molar-refractivity contribution in [2.45, 2.75) is 38.1 Å². The lowest BCUT2D eigenvalue weighted by Crippen LogP contribution is -2.31. The second kappa shape index (κ2) is 9.09. The Balaban J connectivity index is 2.09. The average molecular weight is 278 g/mol. The third-order valence-electron chi connectivity index (χ3n) is 2.98. The van der Waals surface area contributed by atoms with E-state index in [9.17, 15) is 9.59 Å². The standard InChI is InChI=1S/C15H22N2O3/c1-20-15(19)13(16)10-6-3-7-11-14(18)17-12-8-4-2-5-9-12/h2,4-5,8-9,13H,3,6-7,10-11,16H2,1H3,(H,17,18)/t13-/m0/s1. The van der Waals surface area contributed by atoms with E-state index in [0.29, 0.717) is 12.8 Å². The highest BCUT2D eigenvalue weighted by Crippen LogP contribution is 2.09. The third-order valence-corrected chi connectivity index (χ3v) is 2.98. The van der Waals surface area contributed by atoms with Crippen molar-refractivity contribution in [1.82, 2.24) is 0 Å². The minimum absolute atomic E-state index is 0.00784. The second-order valence-electron chi connectivity index (χ2n) is 4.64. The molecule has 1 atom stereocenters. The average Bonchev–Trinajstić information content (AvgIpc) is 2.46. The maximum Gasteiger partial charge on any atom is 0.322 e. The van der Waals surface area contributed by atoms with E-state index in [1.165, 1.54) is 7.11 Å². The molecule has 0 aromatic heterocycles. The smallest absolute Gasteiger partial charge is 0.322 e. The molecule has 0 radical (unpaired) electrons. The molecule has 5 nitrogen and oxygen atoms in total. The Morgan fingerprint density at radius 1 is 1.20 bits per heavy atom. The van der Waals surface area contributed by atoms with Crippen LogP contribution >= 0.6 is 0 Å². The van der Waals surface area contributed by atoms with E-state index in [0.717, 1.165) is 24.9 Å². The summed E-state index contributed by atoms with van der Waals surface area (Å²) in [5, 5.41) is 2.83. The maximum absolute atomic E-state index is 11.7. The van der Waals surface area contributed by atoms with Crippen LogP contribution in [0, 0.1) is 0 Å². The van der Waals surface area contributed by atoms with E-state index in [-0.39, 0.29) is 11.9 Å². The van der Waals surface area contributed by atoms with Crippen molar-refractivity contribution in [2.75, 3.05) is 12.4 Å². The molecule has 0 fully saturated rings. The quantitative estimate of drug-likeness (QED) is 0.563. The van der Waals surface area contributed by atoms with Crippen LogP contribution in [0.3, 0.4) is 0 Å². The summed E-state index contributed by atoms with van der Waals surface area (Å²) in [5.41, 5.74) is 6.43. The molecule has 1 aromatic rings. The van der Waals surface area contributed by atoms with Gasteiger partial charge in [0.05, 0.1) is 7.11 Å². The Kier molecular flexibility index (Phi) is 7.35. The monoisotopic (exact) mass is 278 g/mol. The van der Waals surface area contributed by atoms with Gasteiger partial charge in [0.1, 0.15) is 6.04 Å². The molecule has 0 heterocycles. The predicted octanol–water partition coefficient (Wildman–Crippen LogP) is 2.08. The van der Waals surface area contributed by atoms with Crippen LogP contribution in [0.4, 0.5) is 5.69 Å². The molecule has 0 saturated heterocycles. The molecule has 1 rings (SSSR count). The molecule has 0 saturated carbocycles. The van der Waals surface area contributed by atoms with Crippen molar-refractivity contribution in [3.05, 3.63) is 30.3 Å². The fourth-order valence-corrected chi connectivity index (χ4v) is 1.84. The van der Waals surface area contributed by atoms with Crippen LogP contribution in [0.15, 0.2) is 30.3 Å². The first kappa shape index (κ1) is 16.2. The van der Waals surface area contributed by atoms with E-state index in [4.69, 9.17) is 5.73 Å². The Hall–Kier alpha value is -1.88. The first-order chi connectivity index (χ1) is 9.63. The Morgan fingerprint density at radius 3 is 2.55 bits per heavy atom. The Morgan fingerprint density at radius 2 is 1.90 bits per heavy atom. The zero-order valence-corrected chi connectivity index (χ0v) is 11.8. The van der Waals surface area contributed by atoms with Crippen LogP contribution in [-0.4, -0.2) is 25.0 Å². The number of ether oxygens (including phenoxy) is 1. The number of nitrogens with one attached hydrogen (secondary N) is 1. The molecular weight excluding hydrogens is 256 g/mol. The SMILES string of the molecule is COC(=O)[C@@H](N)CCCCCC(=O)Nc1ccccc1. The molecule has 3 N–H and O–H groups in total. The van der Waals surface area contributed by atoms with Crippen molar-refractivity contribution < 1.29 is 14.3 Å². The summed E-state index contributed by atoms with van der Waals surface area (Å²) in [4.78, 5) is 22.7. The van der Waals surface area contributed by atoms with Gasteiger partial charge in [-0.1, -0.05) is 31.0 Å². The molecule has 0 unspecified atom stereocenters. The van der Waals surface area contributed by atoms with Gasteiger partial charge in [-0.3, -0.25) is 9.59 Å². The van der Waals surface area contributed by atoms with Crippen molar-refractivity contribution in [3.8, 4) is 0 Å². The number of hydrogen-bond acceptors (Lipinski definition) is 4. The van der Waals surface area contributed by atoms with Crippen LogP contribution in [0.25, 0.3) is 0 Å². The molecule has 0 bridgehead atoms. The number of hydrogen-bond donors (Lipinski definition) is 2. The van der Waals surface area contributed by atoms with E-state index >= 15 is 0 Å². The minimum atomic E-state index is -0.557. The van der Waals surface area contributed by atoms with Gasteiger partial charge in [0.25, 0.3) is 0 Å². The molecule has 0 aliphatic rings. The van der Waals surface area contributed by atoms with Crippen LogP contribution < -0.4 is 11.1 Å². The summed E-state index contributed by atoms with van der Waals surface area (Å²) < 4.78 is 4.55. The first-order valence-corrected chi connectivity index (χ1v) is 6.82. The number of anilines is 1. The number of methoxy groups -OCH3 is 1. The third kappa shape index (κ3) is 6.33. The van der Waals surface area contributed by atoms with Crippen LogP contribution in [0.1, 0.15) is 32.1 Å².